The van der Waals surface area contributed by atoms with Gasteiger partial charge in [0.25, 0.3) is 0 Å². The molecule has 1 rings (SSSR count). The Morgan fingerprint density at radius 3 is 2.50 bits per heavy atom. The van der Waals surface area contributed by atoms with Gasteiger partial charge < -0.3 is 15.6 Å². The molecule has 1 fully saturated rings. The maximum Gasteiger partial charge on any atom is 0.0843 e. The quantitative estimate of drug-likeness (QED) is 0.607. The van der Waals surface area contributed by atoms with Crippen molar-refractivity contribution in [2.45, 2.75) is 51.5 Å². The summed E-state index contributed by atoms with van der Waals surface area (Å²) in [5.41, 5.74) is 5.84. The van der Waals surface area contributed by atoms with Crippen LogP contribution in [0.3, 0.4) is 0 Å². The lowest BCUT2D eigenvalue weighted by atomic mass is 9.86. The van der Waals surface area contributed by atoms with Crippen molar-refractivity contribution in [1.82, 2.24) is 0 Å². The van der Waals surface area contributed by atoms with Crippen LogP contribution in [0.15, 0.2) is 0 Å². The Bertz CT molecular complexity index is 147. The molecule has 0 aromatic rings. The van der Waals surface area contributed by atoms with Crippen LogP contribution in [-0.4, -0.2) is 29.5 Å². The van der Waals surface area contributed by atoms with Crippen molar-refractivity contribution >= 4 is 0 Å². The van der Waals surface area contributed by atoms with Crippen LogP contribution in [0.4, 0.5) is 0 Å². The Kier molecular flexibility index (Phi) is 3.09. The molecule has 72 valence electrons. The van der Waals surface area contributed by atoms with E-state index in [1.54, 1.807) is 0 Å². The summed E-state index contributed by atoms with van der Waals surface area (Å²) in [5, 5.41) is 9.72. The molecule has 0 aliphatic carbocycles. The minimum atomic E-state index is -0.402. The van der Waals surface area contributed by atoms with E-state index in [1.165, 1.54) is 0 Å². The molecule has 0 amide bonds. The third kappa shape index (κ3) is 1.63. The summed E-state index contributed by atoms with van der Waals surface area (Å²) in [5.74, 6) is 0.138. The Balaban J connectivity index is 2.63. The third-order valence-corrected chi connectivity index (χ3v) is 2.86. The SMILES string of the molecule is CC[C@H]1O[C@H](C)C(N)[C@@H](C)C1O. The molecule has 12 heavy (non-hydrogen) atoms. The summed E-state index contributed by atoms with van der Waals surface area (Å²) in [6.07, 6.45) is 0.479. The second kappa shape index (κ2) is 3.73. The van der Waals surface area contributed by atoms with Gasteiger partial charge in [-0.2, -0.15) is 0 Å². The summed E-state index contributed by atoms with van der Waals surface area (Å²) in [6, 6.07) is -0.0391. The predicted octanol–water partition coefficient (Wildman–Crippen LogP) is 0.508. The number of aliphatic hydroxyl groups excluding tert-OH is 1. The summed E-state index contributed by atoms with van der Waals surface area (Å²) in [6.45, 7) is 5.97. The molecule has 3 heteroatoms. The van der Waals surface area contributed by atoms with Crippen LogP contribution in [-0.2, 0) is 4.74 Å². The minimum Gasteiger partial charge on any atom is -0.390 e. The largest absolute Gasteiger partial charge is 0.390 e. The Hall–Kier alpha value is -0.120. The molecule has 3 N–H and O–H groups in total. The van der Waals surface area contributed by atoms with Gasteiger partial charge in [0.05, 0.1) is 18.3 Å². The van der Waals surface area contributed by atoms with E-state index < -0.39 is 6.10 Å². The van der Waals surface area contributed by atoms with Crippen molar-refractivity contribution in [3.05, 3.63) is 0 Å². The third-order valence-electron chi connectivity index (χ3n) is 2.86. The fourth-order valence-corrected chi connectivity index (χ4v) is 1.78. The lowest BCUT2D eigenvalue weighted by Gasteiger charge is -2.40. The van der Waals surface area contributed by atoms with Gasteiger partial charge in [0, 0.05) is 12.0 Å². The van der Waals surface area contributed by atoms with Crippen LogP contribution < -0.4 is 5.73 Å². The molecular weight excluding hydrogens is 154 g/mol. The van der Waals surface area contributed by atoms with Gasteiger partial charge in [-0.3, -0.25) is 0 Å². The highest BCUT2D eigenvalue weighted by Crippen LogP contribution is 2.25. The van der Waals surface area contributed by atoms with Crippen molar-refractivity contribution in [3.63, 3.8) is 0 Å². The molecule has 5 atom stereocenters. The van der Waals surface area contributed by atoms with Gasteiger partial charge in [-0.15, -0.1) is 0 Å². The zero-order valence-electron chi connectivity index (χ0n) is 8.03. The summed E-state index contributed by atoms with van der Waals surface area (Å²) >= 11 is 0. The van der Waals surface area contributed by atoms with Gasteiger partial charge in [0.1, 0.15) is 0 Å². The summed E-state index contributed by atoms with van der Waals surface area (Å²) < 4.78 is 5.56. The van der Waals surface area contributed by atoms with E-state index in [2.05, 4.69) is 0 Å². The van der Waals surface area contributed by atoms with E-state index in [4.69, 9.17) is 10.5 Å². The van der Waals surface area contributed by atoms with E-state index in [1.807, 2.05) is 20.8 Å². The molecule has 1 saturated heterocycles. The first-order chi connectivity index (χ1) is 5.57. The topological polar surface area (TPSA) is 55.5 Å². The van der Waals surface area contributed by atoms with E-state index in [9.17, 15) is 5.11 Å². The average molecular weight is 173 g/mol. The number of rotatable bonds is 1. The first kappa shape index (κ1) is 9.96. The van der Waals surface area contributed by atoms with Crippen LogP contribution in [0.5, 0.6) is 0 Å². The van der Waals surface area contributed by atoms with Gasteiger partial charge in [-0.25, -0.2) is 0 Å². The van der Waals surface area contributed by atoms with E-state index in [0.29, 0.717) is 0 Å². The van der Waals surface area contributed by atoms with E-state index in [0.717, 1.165) is 6.42 Å². The van der Waals surface area contributed by atoms with E-state index >= 15 is 0 Å². The predicted molar refractivity (Wildman–Crippen MR) is 47.8 cm³/mol. The van der Waals surface area contributed by atoms with Crippen molar-refractivity contribution in [3.8, 4) is 0 Å². The highest BCUT2D eigenvalue weighted by Gasteiger charge is 2.37. The van der Waals surface area contributed by atoms with Crippen LogP contribution in [0, 0.1) is 5.92 Å². The van der Waals surface area contributed by atoms with Crippen molar-refractivity contribution < 1.29 is 9.84 Å². The molecule has 0 bridgehead atoms. The normalized spacial score (nSPS) is 49.2. The number of nitrogens with two attached hydrogens (primary N) is 1. The first-order valence-electron chi connectivity index (χ1n) is 4.67. The molecule has 1 aliphatic heterocycles. The highest BCUT2D eigenvalue weighted by molar-refractivity contribution is 4.89. The average Bonchev–Trinajstić information content (AvgIpc) is 2.08. The van der Waals surface area contributed by atoms with Gasteiger partial charge in [0.15, 0.2) is 0 Å². The molecule has 0 radical (unpaired) electrons. The van der Waals surface area contributed by atoms with Gasteiger partial charge in [0.2, 0.25) is 0 Å². The molecule has 0 aromatic carbocycles. The van der Waals surface area contributed by atoms with Gasteiger partial charge in [-0.05, 0) is 13.3 Å². The number of hydrogen-bond donors (Lipinski definition) is 2. The summed E-state index contributed by atoms with van der Waals surface area (Å²) in [7, 11) is 0. The Morgan fingerprint density at radius 1 is 1.42 bits per heavy atom. The van der Waals surface area contributed by atoms with Crippen molar-refractivity contribution in [1.29, 1.82) is 0 Å². The zero-order chi connectivity index (χ0) is 9.30. The molecule has 1 heterocycles. The van der Waals surface area contributed by atoms with E-state index in [-0.39, 0.29) is 24.2 Å². The molecule has 0 spiro atoms. The fourth-order valence-electron chi connectivity index (χ4n) is 1.78. The molecule has 3 nitrogen and oxygen atoms in total. The standard InChI is InChI=1S/C9H19NO2/c1-4-7-9(11)5(2)8(10)6(3)12-7/h5-9,11H,4,10H2,1-3H3/t5-,6-,7-,8?,9?/m1/s1. The Morgan fingerprint density at radius 2 is 2.00 bits per heavy atom. The number of hydrogen-bond acceptors (Lipinski definition) is 3. The van der Waals surface area contributed by atoms with Gasteiger partial charge >= 0.3 is 0 Å². The smallest absolute Gasteiger partial charge is 0.0843 e. The zero-order valence-corrected chi connectivity index (χ0v) is 8.03. The Labute approximate surface area is 73.9 Å². The van der Waals surface area contributed by atoms with Crippen molar-refractivity contribution in [2.24, 2.45) is 11.7 Å². The lowest BCUT2D eigenvalue weighted by molar-refractivity contribution is -0.145. The molecule has 2 unspecified atom stereocenters. The monoisotopic (exact) mass is 173 g/mol. The molecule has 0 aromatic heterocycles. The maximum absolute atomic E-state index is 9.72. The second-order valence-corrected chi connectivity index (χ2v) is 3.71. The van der Waals surface area contributed by atoms with Crippen LogP contribution in [0.25, 0.3) is 0 Å². The number of ether oxygens (including phenoxy) is 1. The maximum atomic E-state index is 9.72. The lowest BCUT2D eigenvalue weighted by Crippen LogP contribution is -2.55. The first-order valence-corrected chi connectivity index (χ1v) is 4.67. The van der Waals surface area contributed by atoms with Crippen LogP contribution >= 0.6 is 0 Å². The van der Waals surface area contributed by atoms with Crippen LogP contribution in [0.1, 0.15) is 27.2 Å². The highest BCUT2D eigenvalue weighted by atomic mass is 16.5. The minimum absolute atomic E-state index is 0.0326. The molecule has 0 saturated carbocycles. The van der Waals surface area contributed by atoms with Crippen LogP contribution in [0.2, 0.25) is 0 Å². The summed E-state index contributed by atoms with van der Waals surface area (Å²) in [4.78, 5) is 0. The second-order valence-electron chi connectivity index (χ2n) is 3.71. The molecule has 1 aliphatic rings. The van der Waals surface area contributed by atoms with Crippen molar-refractivity contribution in [2.75, 3.05) is 0 Å². The molecular formula is C9H19NO2. The van der Waals surface area contributed by atoms with Gasteiger partial charge in [-0.1, -0.05) is 13.8 Å². The fraction of sp³-hybridized carbons (Fsp3) is 1.00. The number of aliphatic hydroxyl groups is 1.